The fraction of sp³-hybridized carbons (Fsp3) is 0.417. The molecule has 1 unspecified atom stereocenters. The summed E-state index contributed by atoms with van der Waals surface area (Å²) >= 11 is 0. The van der Waals surface area contributed by atoms with Crippen LogP contribution in [-0.2, 0) is 7.05 Å². The highest BCUT2D eigenvalue weighted by atomic mass is 16.5. The lowest BCUT2D eigenvalue weighted by Gasteiger charge is -2.07. The second-order valence-electron chi connectivity index (χ2n) is 3.90. The van der Waals surface area contributed by atoms with Crippen molar-refractivity contribution in [3.63, 3.8) is 0 Å². The number of rotatable bonds is 3. The van der Waals surface area contributed by atoms with Gasteiger partial charge in [-0.15, -0.1) is 0 Å². The molecule has 2 aromatic rings. The zero-order valence-electron chi connectivity index (χ0n) is 10.1. The SMILES string of the molecule is CNC(C)c1nn(C)c2ccc(OC)cc12. The van der Waals surface area contributed by atoms with Gasteiger partial charge in [-0.3, -0.25) is 4.68 Å². The maximum absolute atomic E-state index is 5.24. The number of benzene rings is 1. The van der Waals surface area contributed by atoms with Gasteiger partial charge in [-0.2, -0.15) is 5.10 Å². The van der Waals surface area contributed by atoms with E-state index in [1.165, 1.54) is 0 Å². The van der Waals surface area contributed by atoms with Crippen molar-refractivity contribution in [3.8, 4) is 5.75 Å². The lowest BCUT2D eigenvalue weighted by molar-refractivity contribution is 0.415. The molecular weight excluding hydrogens is 202 g/mol. The number of nitrogens with one attached hydrogen (secondary N) is 1. The van der Waals surface area contributed by atoms with E-state index in [9.17, 15) is 0 Å². The van der Waals surface area contributed by atoms with Gasteiger partial charge in [0.05, 0.1) is 18.3 Å². The molecule has 4 heteroatoms. The monoisotopic (exact) mass is 219 g/mol. The van der Waals surface area contributed by atoms with Gasteiger partial charge in [-0.1, -0.05) is 0 Å². The first kappa shape index (κ1) is 11.0. The van der Waals surface area contributed by atoms with Gasteiger partial charge in [-0.25, -0.2) is 0 Å². The molecule has 0 radical (unpaired) electrons. The summed E-state index contributed by atoms with van der Waals surface area (Å²) in [6.07, 6.45) is 0. The Morgan fingerprint density at radius 1 is 1.44 bits per heavy atom. The van der Waals surface area contributed by atoms with Crippen molar-refractivity contribution in [1.82, 2.24) is 15.1 Å². The minimum Gasteiger partial charge on any atom is -0.497 e. The lowest BCUT2D eigenvalue weighted by atomic mass is 10.1. The van der Waals surface area contributed by atoms with E-state index in [0.29, 0.717) is 0 Å². The zero-order valence-corrected chi connectivity index (χ0v) is 10.1. The van der Waals surface area contributed by atoms with Crippen molar-refractivity contribution in [2.24, 2.45) is 7.05 Å². The molecule has 2 rings (SSSR count). The Morgan fingerprint density at radius 3 is 2.81 bits per heavy atom. The standard InChI is InChI=1S/C12H17N3O/c1-8(13-2)12-10-7-9(16-4)5-6-11(10)15(3)14-12/h5-8,13H,1-4H3. The maximum Gasteiger partial charge on any atom is 0.119 e. The van der Waals surface area contributed by atoms with Crippen LogP contribution in [0.3, 0.4) is 0 Å². The van der Waals surface area contributed by atoms with Gasteiger partial charge in [0.15, 0.2) is 0 Å². The van der Waals surface area contributed by atoms with Crippen LogP contribution in [-0.4, -0.2) is 23.9 Å². The van der Waals surface area contributed by atoms with Gasteiger partial charge >= 0.3 is 0 Å². The molecule has 0 aliphatic rings. The van der Waals surface area contributed by atoms with Gasteiger partial charge in [0.1, 0.15) is 5.75 Å². The van der Waals surface area contributed by atoms with Crippen LogP contribution in [0, 0.1) is 0 Å². The summed E-state index contributed by atoms with van der Waals surface area (Å²) in [5.74, 6) is 0.866. The Morgan fingerprint density at radius 2 is 2.19 bits per heavy atom. The molecule has 0 amide bonds. The highest BCUT2D eigenvalue weighted by Gasteiger charge is 2.13. The molecule has 0 saturated heterocycles. The second-order valence-corrected chi connectivity index (χ2v) is 3.90. The first-order valence-corrected chi connectivity index (χ1v) is 5.35. The average Bonchev–Trinajstić information content (AvgIpc) is 2.65. The van der Waals surface area contributed by atoms with Crippen LogP contribution < -0.4 is 10.1 Å². The number of hydrogen-bond acceptors (Lipinski definition) is 3. The quantitative estimate of drug-likeness (QED) is 0.856. The van der Waals surface area contributed by atoms with Crippen molar-refractivity contribution in [2.75, 3.05) is 14.2 Å². The molecule has 1 heterocycles. The second kappa shape index (κ2) is 4.14. The summed E-state index contributed by atoms with van der Waals surface area (Å²) in [6, 6.07) is 6.26. The van der Waals surface area contributed by atoms with E-state index in [0.717, 1.165) is 22.3 Å². The third-order valence-corrected chi connectivity index (χ3v) is 2.93. The van der Waals surface area contributed by atoms with E-state index < -0.39 is 0 Å². The zero-order chi connectivity index (χ0) is 11.7. The van der Waals surface area contributed by atoms with Crippen LogP contribution in [0.15, 0.2) is 18.2 Å². The Balaban J connectivity index is 2.65. The Hall–Kier alpha value is -1.55. The Kier molecular flexibility index (Phi) is 2.83. The molecule has 0 spiro atoms. The van der Waals surface area contributed by atoms with Gasteiger partial charge in [0.25, 0.3) is 0 Å². The van der Waals surface area contributed by atoms with Crippen molar-refractivity contribution in [1.29, 1.82) is 0 Å². The summed E-state index contributed by atoms with van der Waals surface area (Å²) in [6.45, 7) is 2.10. The fourth-order valence-electron chi connectivity index (χ4n) is 1.86. The van der Waals surface area contributed by atoms with Crippen molar-refractivity contribution >= 4 is 10.9 Å². The van der Waals surface area contributed by atoms with Crippen LogP contribution >= 0.6 is 0 Å². The molecule has 1 atom stereocenters. The first-order chi connectivity index (χ1) is 7.67. The molecule has 0 aliphatic heterocycles. The number of ether oxygens (including phenoxy) is 1. The molecule has 0 bridgehead atoms. The minimum atomic E-state index is 0.232. The molecule has 1 aromatic heterocycles. The molecule has 16 heavy (non-hydrogen) atoms. The minimum absolute atomic E-state index is 0.232. The van der Waals surface area contributed by atoms with E-state index >= 15 is 0 Å². The van der Waals surface area contributed by atoms with Crippen LogP contribution in [0.1, 0.15) is 18.7 Å². The summed E-state index contributed by atoms with van der Waals surface area (Å²) in [4.78, 5) is 0. The van der Waals surface area contributed by atoms with Crippen molar-refractivity contribution in [3.05, 3.63) is 23.9 Å². The molecule has 0 fully saturated rings. The number of aryl methyl sites for hydroxylation is 1. The molecule has 86 valence electrons. The van der Waals surface area contributed by atoms with Crippen LogP contribution in [0.4, 0.5) is 0 Å². The largest absolute Gasteiger partial charge is 0.497 e. The number of aromatic nitrogens is 2. The van der Waals surface area contributed by atoms with Gasteiger partial charge in [0.2, 0.25) is 0 Å². The Labute approximate surface area is 95.2 Å². The van der Waals surface area contributed by atoms with E-state index in [4.69, 9.17) is 4.74 Å². The smallest absolute Gasteiger partial charge is 0.119 e. The van der Waals surface area contributed by atoms with Crippen LogP contribution in [0.25, 0.3) is 10.9 Å². The van der Waals surface area contributed by atoms with E-state index in [2.05, 4.69) is 17.3 Å². The lowest BCUT2D eigenvalue weighted by Crippen LogP contribution is -2.13. The summed E-state index contributed by atoms with van der Waals surface area (Å²) in [5.41, 5.74) is 2.18. The summed E-state index contributed by atoms with van der Waals surface area (Å²) in [5, 5.41) is 8.88. The highest BCUT2D eigenvalue weighted by molar-refractivity contribution is 5.83. The number of nitrogens with zero attached hydrogens (tertiary/aromatic N) is 2. The predicted octanol–water partition coefficient (Wildman–Crippen LogP) is 1.86. The third-order valence-electron chi connectivity index (χ3n) is 2.93. The number of fused-ring (bicyclic) bond motifs is 1. The average molecular weight is 219 g/mol. The van der Waals surface area contributed by atoms with E-state index in [-0.39, 0.29) is 6.04 Å². The molecule has 0 aliphatic carbocycles. The van der Waals surface area contributed by atoms with E-state index in [1.807, 2.05) is 37.0 Å². The molecular formula is C12H17N3O. The highest BCUT2D eigenvalue weighted by Crippen LogP contribution is 2.26. The molecule has 1 N–H and O–H groups in total. The fourth-order valence-corrected chi connectivity index (χ4v) is 1.86. The maximum atomic E-state index is 5.24. The van der Waals surface area contributed by atoms with Crippen LogP contribution in [0.2, 0.25) is 0 Å². The van der Waals surface area contributed by atoms with Crippen molar-refractivity contribution < 1.29 is 4.74 Å². The van der Waals surface area contributed by atoms with Gasteiger partial charge in [-0.05, 0) is 32.2 Å². The number of methoxy groups -OCH3 is 1. The van der Waals surface area contributed by atoms with Gasteiger partial charge in [0, 0.05) is 18.5 Å². The van der Waals surface area contributed by atoms with E-state index in [1.54, 1.807) is 7.11 Å². The van der Waals surface area contributed by atoms with Gasteiger partial charge < -0.3 is 10.1 Å². The summed E-state index contributed by atoms with van der Waals surface area (Å²) in [7, 11) is 5.57. The molecule has 1 aromatic carbocycles. The van der Waals surface area contributed by atoms with Crippen molar-refractivity contribution in [2.45, 2.75) is 13.0 Å². The normalized spacial score (nSPS) is 13.0. The molecule has 4 nitrogen and oxygen atoms in total. The summed E-state index contributed by atoms with van der Waals surface area (Å²) < 4.78 is 7.14. The molecule has 0 saturated carbocycles. The number of hydrogen-bond donors (Lipinski definition) is 1. The first-order valence-electron chi connectivity index (χ1n) is 5.35. The van der Waals surface area contributed by atoms with Crippen LogP contribution in [0.5, 0.6) is 5.75 Å². The topological polar surface area (TPSA) is 39.1 Å². The third kappa shape index (κ3) is 1.65. The Bertz CT molecular complexity index is 504. The predicted molar refractivity (Wildman–Crippen MR) is 64.7 cm³/mol.